The molecule has 1 aromatic rings. The van der Waals surface area contributed by atoms with E-state index in [0.717, 1.165) is 4.43 Å². The van der Waals surface area contributed by atoms with Crippen molar-refractivity contribution < 1.29 is 4.79 Å². The minimum absolute atomic E-state index is 0.186. The molecule has 1 amide bonds. The summed E-state index contributed by atoms with van der Waals surface area (Å²) in [6.07, 6.45) is 0. The van der Waals surface area contributed by atoms with Crippen molar-refractivity contribution in [1.82, 2.24) is 5.32 Å². The van der Waals surface area contributed by atoms with Crippen molar-refractivity contribution in [2.24, 2.45) is 0 Å². The Morgan fingerprint density at radius 2 is 2.14 bits per heavy atom. The van der Waals surface area contributed by atoms with E-state index in [1.54, 1.807) is 18.2 Å². The molecule has 0 aliphatic rings. The molecule has 2 nitrogen and oxygen atoms in total. The van der Waals surface area contributed by atoms with E-state index in [1.807, 2.05) is 0 Å². The van der Waals surface area contributed by atoms with Gasteiger partial charge >= 0.3 is 0 Å². The van der Waals surface area contributed by atoms with E-state index in [4.69, 9.17) is 23.2 Å². The molecule has 0 radical (unpaired) electrons. The number of benzene rings is 1. The number of amides is 1. The highest BCUT2D eigenvalue weighted by atomic mass is 127. The van der Waals surface area contributed by atoms with E-state index in [0.29, 0.717) is 22.2 Å². The molecule has 0 aliphatic carbocycles. The SMILES string of the molecule is O=C(NCCI)c1cccc(Cl)c1Cl. The van der Waals surface area contributed by atoms with Crippen LogP contribution in [-0.4, -0.2) is 16.9 Å². The summed E-state index contributed by atoms with van der Waals surface area (Å²) in [6, 6.07) is 5.00. The molecular weight excluding hydrogens is 336 g/mol. The van der Waals surface area contributed by atoms with E-state index >= 15 is 0 Å². The predicted molar refractivity (Wildman–Crippen MR) is 67.7 cm³/mol. The third kappa shape index (κ3) is 3.00. The van der Waals surface area contributed by atoms with Gasteiger partial charge in [0.05, 0.1) is 15.6 Å². The van der Waals surface area contributed by atoms with Crippen molar-refractivity contribution in [2.45, 2.75) is 0 Å². The molecule has 0 bridgehead atoms. The topological polar surface area (TPSA) is 29.1 Å². The number of hydrogen-bond donors (Lipinski definition) is 1. The highest BCUT2D eigenvalue weighted by Crippen LogP contribution is 2.25. The number of alkyl halides is 1. The molecule has 5 heteroatoms. The van der Waals surface area contributed by atoms with E-state index in [2.05, 4.69) is 27.9 Å². The van der Waals surface area contributed by atoms with Gasteiger partial charge in [0.15, 0.2) is 0 Å². The second-order valence-corrected chi connectivity index (χ2v) is 4.41. The van der Waals surface area contributed by atoms with E-state index in [1.165, 1.54) is 0 Å². The van der Waals surface area contributed by atoms with Crippen LogP contribution >= 0.6 is 45.8 Å². The van der Waals surface area contributed by atoms with Crippen LogP contribution < -0.4 is 5.32 Å². The fourth-order valence-electron chi connectivity index (χ4n) is 0.935. The Balaban J connectivity index is 2.84. The van der Waals surface area contributed by atoms with Crippen LogP contribution in [0.25, 0.3) is 0 Å². The first-order valence-corrected chi connectivity index (χ1v) is 6.23. The Morgan fingerprint density at radius 1 is 1.43 bits per heavy atom. The maximum atomic E-state index is 11.5. The number of rotatable bonds is 3. The van der Waals surface area contributed by atoms with Crippen LogP contribution in [0.5, 0.6) is 0 Å². The van der Waals surface area contributed by atoms with Crippen LogP contribution in [0.1, 0.15) is 10.4 Å². The summed E-state index contributed by atoms with van der Waals surface area (Å²) in [5, 5.41) is 3.43. The van der Waals surface area contributed by atoms with E-state index in [9.17, 15) is 4.79 Å². The zero-order chi connectivity index (χ0) is 10.6. The summed E-state index contributed by atoms with van der Waals surface area (Å²) in [5.41, 5.74) is 0.420. The van der Waals surface area contributed by atoms with Crippen molar-refractivity contribution >= 4 is 51.7 Å². The van der Waals surface area contributed by atoms with Crippen LogP contribution in [0, 0.1) is 0 Å². The largest absolute Gasteiger partial charge is 0.351 e. The summed E-state index contributed by atoms with van der Waals surface area (Å²) >= 11 is 13.8. The van der Waals surface area contributed by atoms with Gasteiger partial charge in [-0.2, -0.15) is 0 Å². The molecule has 0 unspecified atom stereocenters. The van der Waals surface area contributed by atoms with Gasteiger partial charge < -0.3 is 5.32 Å². The van der Waals surface area contributed by atoms with Crippen molar-refractivity contribution in [2.75, 3.05) is 11.0 Å². The molecular formula is C9H8Cl2INO. The number of halogens is 3. The molecule has 0 heterocycles. The minimum atomic E-state index is -0.186. The summed E-state index contributed by atoms with van der Waals surface area (Å²) < 4.78 is 0.863. The molecule has 14 heavy (non-hydrogen) atoms. The lowest BCUT2D eigenvalue weighted by Crippen LogP contribution is -2.25. The first-order chi connectivity index (χ1) is 6.66. The molecule has 0 atom stereocenters. The average molecular weight is 344 g/mol. The smallest absolute Gasteiger partial charge is 0.252 e. The highest BCUT2D eigenvalue weighted by Gasteiger charge is 2.11. The van der Waals surface area contributed by atoms with Crippen LogP contribution in [0.2, 0.25) is 10.0 Å². The fourth-order valence-corrected chi connectivity index (χ4v) is 1.59. The second-order valence-electron chi connectivity index (χ2n) is 2.55. The van der Waals surface area contributed by atoms with E-state index in [-0.39, 0.29) is 5.91 Å². The molecule has 0 spiro atoms. The lowest BCUT2D eigenvalue weighted by Gasteiger charge is -2.05. The first-order valence-electron chi connectivity index (χ1n) is 3.95. The van der Waals surface area contributed by atoms with Crippen molar-refractivity contribution in [3.05, 3.63) is 33.8 Å². The molecule has 1 N–H and O–H groups in total. The Labute approximate surface area is 106 Å². The fraction of sp³-hybridized carbons (Fsp3) is 0.222. The van der Waals surface area contributed by atoms with Gasteiger partial charge in [-0.15, -0.1) is 0 Å². The number of carbonyl (C=O) groups excluding carboxylic acids is 1. The van der Waals surface area contributed by atoms with Crippen LogP contribution in [0.4, 0.5) is 0 Å². The Hall–Kier alpha value is -0.000000000000000111. The lowest BCUT2D eigenvalue weighted by molar-refractivity contribution is 0.0956. The lowest BCUT2D eigenvalue weighted by atomic mass is 10.2. The molecule has 1 aromatic carbocycles. The molecule has 0 saturated carbocycles. The van der Waals surface area contributed by atoms with Crippen molar-refractivity contribution in [3.63, 3.8) is 0 Å². The van der Waals surface area contributed by atoms with Gasteiger partial charge in [-0.05, 0) is 12.1 Å². The predicted octanol–water partition coefficient (Wildman–Crippen LogP) is 3.16. The third-order valence-corrected chi connectivity index (χ3v) is 2.93. The summed E-state index contributed by atoms with van der Waals surface area (Å²) in [4.78, 5) is 11.5. The number of carbonyl (C=O) groups is 1. The van der Waals surface area contributed by atoms with E-state index < -0.39 is 0 Å². The van der Waals surface area contributed by atoms with Gasteiger partial charge in [0.2, 0.25) is 0 Å². The Morgan fingerprint density at radius 3 is 2.79 bits per heavy atom. The zero-order valence-corrected chi connectivity index (χ0v) is 10.9. The van der Waals surface area contributed by atoms with Crippen molar-refractivity contribution in [1.29, 1.82) is 0 Å². The van der Waals surface area contributed by atoms with Gasteiger partial charge in [0.25, 0.3) is 5.91 Å². The second kappa shape index (κ2) is 5.78. The van der Waals surface area contributed by atoms with Gasteiger partial charge in [-0.1, -0.05) is 51.9 Å². The van der Waals surface area contributed by atoms with Crippen LogP contribution in [0.3, 0.4) is 0 Å². The standard InChI is InChI=1S/C9H8Cl2INO/c10-7-3-1-2-6(8(7)11)9(14)13-5-4-12/h1-3H,4-5H2,(H,13,14). The normalized spacial score (nSPS) is 9.93. The maximum Gasteiger partial charge on any atom is 0.252 e. The summed E-state index contributed by atoms with van der Waals surface area (Å²) in [7, 11) is 0. The van der Waals surface area contributed by atoms with Gasteiger partial charge in [-0.3, -0.25) is 4.79 Å². The molecule has 0 saturated heterocycles. The maximum absolute atomic E-state index is 11.5. The molecule has 76 valence electrons. The van der Waals surface area contributed by atoms with Crippen molar-refractivity contribution in [3.8, 4) is 0 Å². The summed E-state index contributed by atoms with van der Waals surface area (Å²) in [5.74, 6) is -0.186. The number of nitrogens with one attached hydrogen (secondary N) is 1. The molecule has 0 aliphatic heterocycles. The van der Waals surface area contributed by atoms with Crippen LogP contribution in [0.15, 0.2) is 18.2 Å². The Kier molecular flexibility index (Phi) is 4.98. The van der Waals surface area contributed by atoms with Gasteiger partial charge in [-0.25, -0.2) is 0 Å². The van der Waals surface area contributed by atoms with Gasteiger partial charge in [0, 0.05) is 11.0 Å². The number of hydrogen-bond acceptors (Lipinski definition) is 1. The molecule has 0 fully saturated rings. The zero-order valence-electron chi connectivity index (χ0n) is 7.19. The monoisotopic (exact) mass is 343 g/mol. The van der Waals surface area contributed by atoms with Crippen LogP contribution in [-0.2, 0) is 0 Å². The minimum Gasteiger partial charge on any atom is -0.351 e. The quantitative estimate of drug-likeness (QED) is 0.663. The molecule has 0 aromatic heterocycles. The summed E-state index contributed by atoms with van der Waals surface area (Å²) in [6.45, 7) is 0.627. The molecule has 1 rings (SSSR count). The average Bonchev–Trinajstić information content (AvgIpc) is 2.18. The highest BCUT2D eigenvalue weighted by molar-refractivity contribution is 14.1. The Bertz CT molecular complexity index is 344. The third-order valence-electron chi connectivity index (χ3n) is 1.58. The first kappa shape index (κ1) is 12.1. The van der Waals surface area contributed by atoms with Gasteiger partial charge in [0.1, 0.15) is 0 Å².